The fourth-order valence-electron chi connectivity index (χ4n) is 2.22. The van der Waals surface area contributed by atoms with Crippen molar-refractivity contribution in [2.75, 3.05) is 25.0 Å². The van der Waals surface area contributed by atoms with Crippen molar-refractivity contribution >= 4 is 11.6 Å². The van der Waals surface area contributed by atoms with Crippen LogP contribution in [0.2, 0.25) is 0 Å². The third kappa shape index (κ3) is 5.24. The van der Waals surface area contributed by atoms with Gasteiger partial charge in [0.2, 0.25) is 5.91 Å². The number of hydrogen-bond acceptors (Lipinski definition) is 2. The normalized spacial score (nSPS) is 10.4. The molecule has 0 bridgehead atoms. The molecule has 0 atom stereocenters. The molecule has 3 heteroatoms. The minimum absolute atomic E-state index is 0.255. The standard InChI is InChI=1S/C17H28N2O/c1-5-11-19(12-6-2)17(20)9-10-18-16-8-7-14(3)15(4)13-16/h7-8,13,18H,5-6,9-12H2,1-4H3. The topological polar surface area (TPSA) is 32.3 Å². The number of aryl methyl sites for hydroxylation is 2. The molecule has 1 aromatic carbocycles. The third-order valence-corrected chi connectivity index (χ3v) is 3.51. The van der Waals surface area contributed by atoms with Crippen molar-refractivity contribution < 1.29 is 4.79 Å². The van der Waals surface area contributed by atoms with Gasteiger partial charge in [0.25, 0.3) is 0 Å². The van der Waals surface area contributed by atoms with Crippen molar-refractivity contribution in [2.24, 2.45) is 0 Å². The van der Waals surface area contributed by atoms with Crippen LogP contribution < -0.4 is 5.32 Å². The first-order chi connectivity index (χ1) is 9.58. The number of nitrogens with zero attached hydrogens (tertiary/aromatic N) is 1. The van der Waals surface area contributed by atoms with E-state index >= 15 is 0 Å². The second-order valence-electron chi connectivity index (χ2n) is 5.36. The summed E-state index contributed by atoms with van der Waals surface area (Å²) in [5.41, 5.74) is 3.67. The molecule has 0 fully saturated rings. The molecule has 3 nitrogen and oxygen atoms in total. The van der Waals surface area contributed by atoms with Crippen molar-refractivity contribution in [3.63, 3.8) is 0 Å². The van der Waals surface area contributed by atoms with Crippen LogP contribution in [0.5, 0.6) is 0 Å². The van der Waals surface area contributed by atoms with Crippen molar-refractivity contribution in [1.82, 2.24) is 4.90 Å². The Balaban J connectivity index is 2.42. The first kappa shape index (κ1) is 16.5. The molecule has 0 aliphatic carbocycles. The second kappa shape index (κ2) is 8.62. The van der Waals surface area contributed by atoms with Crippen LogP contribution >= 0.6 is 0 Å². The van der Waals surface area contributed by atoms with Gasteiger partial charge in [-0.05, 0) is 49.9 Å². The molecule has 0 aliphatic rings. The highest BCUT2D eigenvalue weighted by molar-refractivity contribution is 5.76. The minimum Gasteiger partial charge on any atom is -0.385 e. The average molecular weight is 276 g/mol. The van der Waals surface area contributed by atoms with Gasteiger partial charge in [-0.25, -0.2) is 0 Å². The zero-order valence-electron chi connectivity index (χ0n) is 13.3. The van der Waals surface area contributed by atoms with Gasteiger partial charge in [0, 0.05) is 31.7 Å². The molecular weight excluding hydrogens is 248 g/mol. The fraction of sp³-hybridized carbons (Fsp3) is 0.588. The van der Waals surface area contributed by atoms with Crippen molar-refractivity contribution in [3.05, 3.63) is 29.3 Å². The Labute approximate surface area is 123 Å². The van der Waals surface area contributed by atoms with Crippen LogP contribution in [0.3, 0.4) is 0 Å². The zero-order chi connectivity index (χ0) is 15.0. The number of hydrogen-bond donors (Lipinski definition) is 1. The van der Waals surface area contributed by atoms with Crippen LogP contribution in [-0.4, -0.2) is 30.4 Å². The van der Waals surface area contributed by atoms with Crippen LogP contribution in [0.4, 0.5) is 5.69 Å². The quantitative estimate of drug-likeness (QED) is 0.784. The lowest BCUT2D eigenvalue weighted by Gasteiger charge is -2.21. The number of carbonyl (C=O) groups is 1. The third-order valence-electron chi connectivity index (χ3n) is 3.51. The Hall–Kier alpha value is -1.51. The van der Waals surface area contributed by atoms with E-state index in [4.69, 9.17) is 0 Å². The smallest absolute Gasteiger partial charge is 0.224 e. The maximum Gasteiger partial charge on any atom is 0.224 e. The van der Waals surface area contributed by atoms with Crippen LogP contribution in [0.15, 0.2) is 18.2 Å². The largest absolute Gasteiger partial charge is 0.385 e. The van der Waals surface area contributed by atoms with E-state index in [0.29, 0.717) is 13.0 Å². The summed E-state index contributed by atoms with van der Waals surface area (Å²) >= 11 is 0. The molecule has 112 valence electrons. The molecule has 20 heavy (non-hydrogen) atoms. The van der Waals surface area contributed by atoms with Crippen molar-refractivity contribution in [2.45, 2.75) is 47.0 Å². The molecule has 0 spiro atoms. The van der Waals surface area contributed by atoms with Gasteiger partial charge in [0.1, 0.15) is 0 Å². The lowest BCUT2D eigenvalue weighted by molar-refractivity contribution is -0.131. The molecule has 0 aromatic heterocycles. The van der Waals surface area contributed by atoms with E-state index in [9.17, 15) is 4.79 Å². The average Bonchev–Trinajstić information content (AvgIpc) is 2.42. The molecule has 1 aromatic rings. The highest BCUT2D eigenvalue weighted by Gasteiger charge is 2.10. The van der Waals surface area contributed by atoms with E-state index in [-0.39, 0.29) is 5.91 Å². The van der Waals surface area contributed by atoms with Crippen LogP contribution in [0.1, 0.15) is 44.2 Å². The Kier molecular flexibility index (Phi) is 7.13. The van der Waals surface area contributed by atoms with Crippen LogP contribution in [0, 0.1) is 13.8 Å². The van der Waals surface area contributed by atoms with Gasteiger partial charge < -0.3 is 10.2 Å². The Morgan fingerprint density at radius 1 is 1.10 bits per heavy atom. The maximum absolute atomic E-state index is 12.1. The Bertz CT molecular complexity index is 423. The number of carbonyl (C=O) groups excluding carboxylic acids is 1. The molecular formula is C17H28N2O. The van der Waals surface area contributed by atoms with Gasteiger partial charge >= 0.3 is 0 Å². The Morgan fingerprint density at radius 3 is 2.30 bits per heavy atom. The monoisotopic (exact) mass is 276 g/mol. The number of benzene rings is 1. The van der Waals surface area contributed by atoms with Gasteiger partial charge in [0.15, 0.2) is 0 Å². The van der Waals surface area contributed by atoms with Gasteiger partial charge in [0.05, 0.1) is 0 Å². The highest BCUT2D eigenvalue weighted by Crippen LogP contribution is 2.14. The van der Waals surface area contributed by atoms with E-state index in [2.05, 4.69) is 51.2 Å². The van der Waals surface area contributed by atoms with Gasteiger partial charge in [-0.3, -0.25) is 4.79 Å². The predicted octanol–water partition coefficient (Wildman–Crippen LogP) is 3.75. The number of nitrogens with one attached hydrogen (secondary N) is 1. The van der Waals surface area contributed by atoms with Crippen molar-refractivity contribution in [3.8, 4) is 0 Å². The summed E-state index contributed by atoms with van der Waals surface area (Å²) in [7, 11) is 0. The summed E-state index contributed by atoms with van der Waals surface area (Å²) < 4.78 is 0. The molecule has 0 radical (unpaired) electrons. The molecule has 0 aliphatic heterocycles. The molecule has 0 heterocycles. The molecule has 1 N–H and O–H groups in total. The van der Waals surface area contributed by atoms with Crippen LogP contribution in [-0.2, 0) is 4.79 Å². The second-order valence-corrected chi connectivity index (χ2v) is 5.36. The summed E-state index contributed by atoms with van der Waals surface area (Å²) in [6, 6.07) is 6.32. The van der Waals surface area contributed by atoms with Crippen LogP contribution in [0.25, 0.3) is 0 Å². The molecule has 0 saturated heterocycles. The van der Waals surface area contributed by atoms with E-state index in [1.165, 1.54) is 11.1 Å². The van der Waals surface area contributed by atoms with Gasteiger partial charge in [-0.2, -0.15) is 0 Å². The first-order valence-electron chi connectivity index (χ1n) is 7.67. The zero-order valence-corrected chi connectivity index (χ0v) is 13.3. The number of anilines is 1. The molecule has 0 unspecified atom stereocenters. The fourth-order valence-corrected chi connectivity index (χ4v) is 2.22. The number of rotatable bonds is 8. The van der Waals surface area contributed by atoms with Crippen molar-refractivity contribution in [1.29, 1.82) is 0 Å². The predicted molar refractivity (Wildman–Crippen MR) is 86.2 cm³/mol. The van der Waals surface area contributed by atoms with Gasteiger partial charge in [-0.1, -0.05) is 19.9 Å². The van der Waals surface area contributed by atoms with E-state index in [1.807, 2.05) is 4.90 Å². The summed E-state index contributed by atoms with van der Waals surface area (Å²) in [5, 5.41) is 3.34. The molecule has 1 rings (SSSR count). The SMILES string of the molecule is CCCN(CCC)C(=O)CCNc1ccc(C)c(C)c1. The number of amides is 1. The van der Waals surface area contributed by atoms with E-state index in [0.717, 1.165) is 31.6 Å². The lowest BCUT2D eigenvalue weighted by atomic mass is 10.1. The Morgan fingerprint density at radius 2 is 1.75 bits per heavy atom. The molecule has 0 saturated carbocycles. The maximum atomic E-state index is 12.1. The summed E-state index contributed by atoms with van der Waals surface area (Å²) in [6.07, 6.45) is 2.61. The summed E-state index contributed by atoms with van der Waals surface area (Å²) in [6.45, 7) is 10.9. The van der Waals surface area contributed by atoms with E-state index in [1.54, 1.807) is 0 Å². The summed E-state index contributed by atoms with van der Waals surface area (Å²) in [5.74, 6) is 0.255. The minimum atomic E-state index is 0.255. The first-order valence-corrected chi connectivity index (χ1v) is 7.67. The lowest BCUT2D eigenvalue weighted by Crippen LogP contribution is -2.33. The van der Waals surface area contributed by atoms with E-state index < -0.39 is 0 Å². The van der Waals surface area contributed by atoms with Gasteiger partial charge in [-0.15, -0.1) is 0 Å². The highest BCUT2D eigenvalue weighted by atomic mass is 16.2. The molecule has 1 amide bonds. The summed E-state index contributed by atoms with van der Waals surface area (Å²) in [4.78, 5) is 14.1.